The summed E-state index contributed by atoms with van der Waals surface area (Å²) >= 11 is 1.95. The molecular formula is C12H20N2S. The van der Waals surface area contributed by atoms with Crippen LogP contribution >= 0.6 is 11.3 Å². The zero-order valence-electron chi connectivity index (χ0n) is 9.24. The minimum atomic E-state index is 0.803. The van der Waals surface area contributed by atoms with Crippen molar-refractivity contribution >= 4 is 16.3 Å². The highest BCUT2D eigenvalue weighted by molar-refractivity contribution is 7.16. The summed E-state index contributed by atoms with van der Waals surface area (Å²) in [5.41, 5.74) is 5.52. The molecule has 1 saturated heterocycles. The van der Waals surface area contributed by atoms with Gasteiger partial charge in [-0.05, 0) is 50.8 Å². The van der Waals surface area contributed by atoms with E-state index >= 15 is 0 Å². The molecule has 1 aromatic heterocycles. The first-order valence-corrected chi connectivity index (χ1v) is 6.75. The second kappa shape index (κ2) is 5.52. The molecule has 0 bridgehead atoms. The van der Waals surface area contributed by atoms with E-state index in [1.165, 1.54) is 42.2 Å². The molecule has 84 valence electrons. The molecule has 15 heavy (non-hydrogen) atoms. The lowest BCUT2D eigenvalue weighted by Crippen LogP contribution is -2.28. The van der Waals surface area contributed by atoms with Gasteiger partial charge in [-0.25, -0.2) is 0 Å². The number of hydrogen-bond donors (Lipinski definition) is 1. The molecule has 1 aliphatic rings. The summed E-state index contributed by atoms with van der Waals surface area (Å²) < 4.78 is 0. The second-order valence-corrected chi connectivity index (χ2v) is 5.33. The van der Waals surface area contributed by atoms with Gasteiger partial charge in [0.25, 0.3) is 0 Å². The number of piperidine rings is 1. The molecule has 0 atom stereocenters. The standard InChI is InChI=1S/C12H20N2S/c13-8-4-5-11-6-7-12(15-11)14-9-2-1-3-10-14/h6-7H,1-5,8-10,13H2. The van der Waals surface area contributed by atoms with Gasteiger partial charge in [0.05, 0.1) is 5.00 Å². The van der Waals surface area contributed by atoms with E-state index in [2.05, 4.69) is 17.0 Å². The molecule has 2 rings (SSSR count). The average Bonchev–Trinajstić information content (AvgIpc) is 2.76. The Morgan fingerprint density at radius 3 is 2.73 bits per heavy atom. The van der Waals surface area contributed by atoms with Crippen LogP contribution in [-0.2, 0) is 6.42 Å². The molecule has 1 aliphatic heterocycles. The summed E-state index contributed by atoms with van der Waals surface area (Å²) in [6, 6.07) is 4.55. The quantitative estimate of drug-likeness (QED) is 0.852. The molecule has 1 fully saturated rings. The van der Waals surface area contributed by atoms with E-state index in [0.29, 0.717) is 0 Å². The average molecular weight is 224 g/mol. The Morgan fingerprint density at radius 2 is 2.00 bits per heavy atom. The fourth-order valence-corrected chi connectivity index (χ4v) is 3.16. The molecule has 2 N–H and O–H groups in total. The first kappa shape index (κ1) is 11.0. The number of rotatable bonds is 4. The summed E-state index contributed by atoms with van der Waals surface area (Å²) in [4.78, 5) is 4.01. The molecule has 0 aliphatic carbocycles. The summed E-state index contributed by atoms with van der Waals surface area (Å²) in [5, 5.41) is 1.46. The molecule has 2 heterocycles. The third-order valence-corrected chi connectivity index (χ3v) is 4.15. The van der Waals surface area contributed by atoms with Crippen molar-refractivity contribution in [1.82, 2.24) is 0 Å². The van der Waals surface area contributed by atoms with Crippen LogP contribution in [0.15, 0.2) is 12.1 Å². The smallest absolute Gasteiger partial charge is 0.0911 e. The van der Waals surface area contributed by atoms with Gasteiger partial charge in [-0.1, -0.05) is 0 Å². The van der Waals surface area contributed by atoms with Crippen molar-refractivity contribution in [3.05, 3.63) is 17.0 Å². The topological polar surface area (TPSA) is 29.3 Å². The van der Waals surface area contributed by atoms with Gasteiger partial charge < -0.3 is 10.6 Å². The van der Waals surface area contributed by atoms with Gasteiger partial charge in [0.2, 0.25) is 0 Å². The van der Waals surface area contributed by atoms with Gasteiger partial charge in [-0.15, -0.1) is 11.3 Å². The van der Waals surface area contributed by atoms with Crippen LogP contribution in [0.3, 0.4) is 0 Å². The molecule has 0 aromatic carbocycles. The SMILES string of the molecule is NCCCc1ccc(N2CCCCC2)s1. The monoisotopic (exact) mass is 224 g/mol. The lowest BCUT2D eigenvalue weighted by Gasteiger charge is -2.27. The zero-order chi connectivity index (χ0) is 10.5. The maximum absolute atomic E-state index is 5.52. The third kappa shape index (κ3) is 2.95. The predicted molar refractivity (Wildman–Crippen MR) is 67.8 cm³/mol. The Kier molecular flexibility index (Phi) is 4.03. The van der Waals surface area contributed by atoms with Crippen LogP contribution in [-0.4, -0.2) is 19.6 Å². The normalized spacial score (nSPS) is 17.0. The van der Waals surface area contributed by atoms with Gasteiger partial charge >= 0.3 is 0 Å². The molecule has 1 aromatic rings. The minimum Gasteiger partial charge on any atom is -0.363 e. The van der Waals surface area contributed by atoms with Gasteiger partial charge in [0, 0.05) is 18.0 Å². The summed E-state index contributed by atoms with van der Waals surface area (Å²) in [5.74, 6) is 0. The van der Waals surface area contributed by atoms with E-state index in [0.717, 1.165) is 19.4 Å². The van der Waals surface area contributed by atoms with Crippen molar-refractivity contribution in [2.45, 2.75) is 32.1 Å². The summed E-state index contributed by atoms with van der Waals surface area (Å²) in [6.45, 7) is 3.30. The van der Waals surface area contributed by atoms with Gasteiger partial charge in [0.1, 0.15) is 0 Å². The van der Waals surface area contributed by atoms with Crippen LogP contribution in [0, 0.1) is 0 Å². The predicted octanol–water partition coefficient (Wildman–Crippen LogP) is 2.63. The molecular weight excluding hydrogens is 204 g/mol. The Bertz CT molecular complexity index is 290. The largest absolute Gasteiger partial charge is 0.363 e. The van der Waals surface area contributed by atoms with Crippen LogP contribution in [0.4, 0.5) is 5.00 Å². The van der Waals surface area contributed by atoms with Crippen LogP contribution in [0.1, 0.15) is 30.6 Å². The van der Waals surface area contributed by atoms with Crippen LogP contribution < -0.4 is 10.6 Å². The third-order valence-electron chi connectivity index (χ3n) is 2.94. The number of aryl methyl sites for hydroxylation is 1. The van der Waals surface area contributed by atoms with Crippen molar-refractivity contribution < 1.29 is 0 Å². The Labute approximate surface area is 96.1 Å². The maximum atomic E-state index is 5.52. The Balaban J connectivity index is 1.93. The Hall–Kier alpha value is -0.540. The maximum Gasteiger partial charge on any atom is 0.0911 e. The number of anilines is 1. The lowest BCUT2D eigenvalue weighted by molar-refractivity contribution is 0.580. The van der Waals surface area contributed by atoms with Gasteiger partial charge in [0.15, 0.2) is 0 Å². The van der Waals surface area contributed by atoms with E-state index in [-0.39, 0.29) is 0 Å². The van der Waals surface area contributed by atoms with Crippen molar-refractivity contribution in [1.29, 1.82) is 0 Å². The van der Waals surface area contributed by atoms with Gasteiger partial charge in [-0.2, -0.15) is 0 Å². The number of nitrogens with two attached hydrogens (primary N) is 1. The number of hydrogen-bond acceptors (Lipinski definition) is 3. The second-order valence-electron chi connectivity index (χ2n) is 4.18. The van der Waals surface area contributed by atoms with Crippen molar-refractivity contribution in [2.24, 2.45) is 5.73 Å². The summed E-state index contributed by atoms with van der Waals surface area (Å²) in [7, 11) is 0. The number of thiophene rings is 1. The molecule has 0 unspecified atom stereocenters. The van der Waals surface area contributed by atoms with Crippen molar-refractivity contribution in [3.63, 3.8) is 0 Å². The van der Waals surface area contributed by atoms with E-state index in [9.17, 15) is 0 Å². The molecule has 2 nitrogen and oxygen atoms in total. The van der Waals surface area contributed by atoms with Gasteiger partial charge in [-0.3, -0.25) is 0 Å². The van der Waals surface area contributed by atoms with Crippen LogP contribution in [0.25, 0.3) is 0 Å². The molecule has 0 radical (unpaired) electrons. The van der Waals surface area contributed by atoms with Crippen molar-refractivity contribution in [2.75, 3.05) is 24.5 Å². The fourth-order valence-electron chi connectivity index (χ4n) is 2.06. The van der Waals surface area contributed by atoms with E-state index in [1.807, 2.05) is 11.3 Å². The highest BCUT2D eigenvalue weighted by Gasteiger charge is 2.12. The molecule has 0 saturated carbocycles. The summed E-state index contributed by atoms with van der Waals surface area (Å²) in [6.07, 6.45) is 6.38. The highest BCUT2D eigenvalue weighted by Crippen LogP contribution is 2.28. The molecule has 0 spiro atoms. The Morgan fingerprint density at radius 1 is 1.20 bits per heavy atom. The highest BCUT2D eigenvalue weighted by atomic mass is 32.1. The molecule has 0 amide bonds. The minimum absolute atomic E-state index is 0.803. The van der Waals surface area contributed by atoms with Crippen LogP contribution in [0.2, 0.25) is 0 Å². The number of nitrogens with zero attached hydrogens (tertiary/aromatic N) is 1. The van der Waals surface area contributed by atoms with E-state index in [4.69, 9.17) is 5.73 Å². The molecule has 3 heteroatoms. The van der Waals surface area contributed by atoms with Crippen LogP contribution in [0.5, 0.6) is 0 Å². The zero-order valence-corrected chi connectivity index (χ0v) is 10.1. The van der Waals surface area contributed by atoms with E-state index in [1.54, 1.807) is 0 Å². The van der Waals surface area contributed by atoms with E-state index < -0.39 is 0 Å². The first-order chi connectivity index (χ1) is 7.40. The first-order valence-electron chi connectivity index (χ1n) is 5.94. The lowest BCUT2D eigenvalue weighted by atomic mass is 10.1. The fraction of sp³-hybridized carbons (Fsp3) is 0.667. The van der Waals surface area contributed by atoms with Crippen molar-refractivity contribution in [3.8, 4) is 0 Å².